The molecule has 3 nitrogen and oxygen atoms in total. The molecule has 19 heavy (non-hydrogen) atoms. The van der Waals surface area contributed by atoms with Gasteiger partial charge in [-0.05, 0) is 37.8 Å². The van der Waals surface area contributed by atoms with Crippen molar-refractivity contribution in [1.29, 1.82) is 0 Å². The van der Waals surface area contributed by atoms with Crippen LogP contribution in [-0.2, 0) is 14.9 Å². The summed E-state index contributed by atoms with van der Waals surface area (Å²) in [6.45, 7) is 12.0. The zero-order valence-corrected chi connectivity index (χ0v) is 12.7. The van der Waals surface area contributed by atoms with E-state index in [2.05, 4.69) is 26.8 Å². The van der Waals surface area contributed by atoms with Crippen LogP contribution < -0.4 is 4.74 Å². The summed E-state index contributed by atoms with van der Waals surface area (Å²) in [5, 5.41) is 0. The lowest BCUT2D eigenvalue weighted by atomic mass is 9.85. The molecule has 0 amide bonds. The smallest absolute Gasteiger partial charge is 0.344 e. The predicted molar refractivity (Wildman–Crippen MR) is 76.6 cm³/mol. The highest BCUT2D eigenvalue weighted by Crippen LogP contribution is 2.32. The first kappa shape index (κ1) is 15.5. The number of carbonyl (C=O) groups is 1. The van der Waals surface area contributed by atoms with E-state index in [1.54, 1.807) is 0 Å². The molecule has 0 unspecified atom stereocenters. The van der Waals surface area contributed by atoms with Gasteiger partial charge < -0.3 is 9.47 Å². The fourth-order valence-electron chi connectivity index (χ4n) is 1.79. The van der Waals surface area contributed by atoms with Gasteiger partial charge >= 0.3 is 5.97 Å². The van der Waals surface area contributed by atoms with Crippen molar-refractivity contribution in [2.75, 3.05) is 6.61 Å². The Morgan fingerprint density at radius 3 is 2.42 bits per heavy atom. The molecule has 0 atom stereocenters. The second-order valence-corrected chi connectivity index (χ2v) is 6.08. The Hall–Kier alpha value is -1.51. The molecule has 0 heterocycles. The maximum Gasteiger partial charge on any atom is 0.344 e. The molecule has 0 aliphatic carbocycles. The maximum atomic E-state index is 11.5. The van der Waals surface area contributed by atoms with Crippen molar-refractivity contribution in [3.8, 4) is 5.75 Å². The molecule has 0 aliphatic heterocycles. The molecule has 0 saturated heterocycles. The minimum Gasteiger partial charge on any atom is -0.482 e. The number of esters is 1. The summed E-state index contributed by atoms with van der Waals surface area (Å²) >= 11 is 0. The van der Waals surface area contributed by atoms with E-state index >= 15 is 0 Å². The molecule has 0 N–H and O–H groups in total. The van der Waals surface area contributed by atoms with E-state index in [0.29, 0.717) is 0 Å². The van der Waals surface area contributed by atoms with Crippen LogP contribution in [0.3, 0.4) is 0 Å². The minimum absolute atomic E-state index is 0.0245. The molecular weight excluding hydrogens is 240 g/mol. The fourth-order valence-corrected chi connectivity index (χ4v) is 1.79. The fraction of sp³-hybridized carbons (Fsp3) is 0.562. The highest BCUT2D eigenvalue weighted by molar-refractivity contribution is 5.71. The number of aryl methyl sites for hydroxylation is 1. The number of rotatable bonds is 4. The topological polar surface area (TPSA) is 35.5 Å². The summed E-state index contributed by atoms with van der Waals surface area (Å²) in [5.41, 5.74) is 2.26. The number of hydrogen-bond acceptors (Lipinski definition) is 3. The van der Waals surface area contributed by atoms with Crippen LogP contribution in [0.15, 0.2) is 18.2 Å². The second-order valence-electron chi connectivity index (χ2n) is 6.08. The van der Waals surface area contributed by atoms with Crippen molar-refractivity contribution < 1.29 is 14.3 Å². The summed E-state index contributed by atoms with van der Waals surface area (Å²) in [4.78, 5) is 11.5. The molecule has 0 aromatic heterocycles. The van der Waals surface area contributed by atoms with Gasteiger partial charge in [-0.1, -0.05) is 38.5 Å². The Balaban J connectivity index is 2.81. The molecule has 0 aliphatic rings. The van der Waals surface area contributed by atoms with Gasteiger partial charge in [0.25, 0.3) is 0 Å². The lowest BCUT2D eigenvalue weighted by Crippen LogP contribution is -2.20. The Morgan fingerprint density at radius 1 is 1.26 bits per heavy atom. The van der Waals surface area contributed by atoms with Crippen LogP contribution in [0.25, 0.3) is 0 Å². The average Bonchev–Trinajstić information content (AvgIpc) is 2.25. The third-order valence-corrected chi connectivity index (χ3v) is 2.66. The Bertz CT molecular complexity index is 442. The van der Waals surface area contributed by atoms with Crippen LogP contribution in [-0.4, -0.2) is 18.7 Å². The number of carbonyl (C=O) groups excluding carboxylic acids is 1. The van der Waals surface area contributed by atoms with Gasteiger partial charge in [0.1, 0.15) is 5.75 Å². The lowest BCUT2D eigenvalue weighted by molar-refractivity contribution is -0.149. The molecular formula is C16H24O3. The third kappa shape index (κ3) is 4.93. The zero-order chi connectivity index (χ0) is 14.6. The summed E-state index contributed by atoms with van der Waals surface area (Å²) in [6.07, 6.45) is -0.115. The molecule has 0 bridgehead atoms. The van der Waals surface area contributed by atoms with Crippen molar-refractivity contribution in [2.24, 2.45) is 0 Å². The SMILES string of the molecule is Cc1ccc(OCC(=O)OC(C)C)c(C(C)(C)C)c1. The van der Waals surface area contributed by atoms with E-state index in [1.165, 1.54) is 5.56 Å². The standard InChI is InChI=1S/C16H24O3/c1-11(2)19-15(17)10-18-14-8-7-12(3)9-13(14)16(4,5)6/h7-9,11H,10H2,1-6H3. The van der Waals surface area contributed by atoms with Crippen molar-refractivity contribution in [3.63, 3.8) is 0 Å². The van der Waals surface area contributed by atoms with Gasteiger partial charge in [0.15, 0.2) is 6.61 Å². The minimum atomic E-state index is -0.338. The number of hydrogen-bond donors (Lipinski definition) is 0. The molecule has 1 aromatic carbocycles. The summed E-state index contributed by atoms with van der Waals surface area (Å²) in [5.74, 6) is 0.411. The van der Waals surface area contributed by atoms with Gasteiger partial charge in [0.2, 0.25) is 0 Å². The van der Waals surface area contributed by atoms with Crippen molar-refractivity contribution in [3.05, 3.63) is 29.3 Å². The first-order chi connectivity index (χ1) is 8.70. The van der Waals surface area contributed by atoms with Crippen LogP contribution >= 0.6 is 0 Å². The van der Waals surface area contributed by atoms with E-state index in [-0.39, 0.29) is 24.1 Å². The molecule has 3 heteroatoms. The third-order valence-electron chi connectivity index (χ3n) is 2.66. The molecule has 0 saturated carbocycles. The molecule has 0 spiro atoms. The predicted octanol–water partition coefficient (Wildman–Crippen LogP) is 3.62. The van der Waals surface area contributed by atoms with Crippen molar-refractivity contribution >= 4 is 5.97 Å². The first-order valence-corrected chi connectivity index (χ1v) is 6.63. The number of benzene rings is 1. The zero-order valence-electron chi connectivity index (χ0n) is 12.7. The van der Waals surface area contributed by atoms with Crippen molar-refractivity contribution in [2.45, 2.75) is 53.1 Å². The molecule has 0 radical (unpaired) electrons. The van der Waals surface area contributed by atoms with Gasteiger partial charge in [-0.3, -0.25) is 0 Å². The van der Waals surface area contributed by atoms with Crippen LogP contribution in [0.2, 0.25) is 0 Å². The molecule has 1 rings (SSSR count). The van der Waals surface area contributed by atoms with E-state index in [1.807, 2.05) is 32.9 Å². The summed E-state index contributed by atoms with van der Waals surface area (Å²) in [6, 6.07) is 6.00. The molecule has 1 aromatic rings. The van der Waals surface area contributed by atoms with Gasteiger partial charge in [-0.15, -0.1) is 0 Å². The van der Waals surface area contributed by atoms with Gasteiger partial charge in [-0.2, -0.15) is 0 Å². The highest BCUT2D eigenvalue weighted by atomic mass is 16.6. The van der Waals surface area contributed by atoms with Crippen LogP contribution in [0, 0.1) is 6.92 Å². The van der Waals surface area contributed by atoms with Crippen LogP contribution in [0.1, 0.15) is 45.7 Å². The van der Waals surface area contributed by atoms with E-state index in [4.69, 9.17) is 9.47 Å². The Kier molecular flexibility index (Phi) is 4.98. The van der Waals surface area contributed by atoms with Crippen LogP contribution in [0.4, 0.5) is 0 Å². The van der Waals surface area contributed by atoms with Gasteiger partial charge in [-0.25, -0.2) is 4.79 Å². The summed E-state index contributed by atoms with van der Waals surface area (Å²) in [7, 11) is 0. The van der Waals surface area contributed by atoms with Gasteiger partial charge in [0.05, 0.1) is 6.10 Å². The highest BCUT2D eigenvalue weighted by Gasteiger charge is 2.20. The van der Waals surface area contributed by atoms with E-state index in [0.717, 1.165) is 11.3 Å². The molecule has 0 fully saturated rings. The Labute approximate surface area is 115 Å². The first-order valence-electron chi connectivity index (χ1n) is 6.63. The quantitative estimate of drug-likeness (QED) is 0.779. The normalized spacial score (nSPS) is 11.5. The second kappa shape index (κ2) is 6.09. The average molecular weight is 264 g/mol. The monoisotopic (exact) mass is 264 g/mol. The largest absolute Gasteiger partial charge is 0.482 e. The Morgan fingerprint density at radius 2 is 1.89 bits per heavy atom. The number of ether oxygens (including phenoxy) is 2. The molecule has 106 valence electrons. The van der Waals surface area contributed by atoms with E-state index < -0.39 is 0 Å². The maximum absolute atomic E-state index is 11.5. The van der Waals surface area contributed by atoms with Crippen LogP contribution in [0.5, 0.6) is 5.75 Å². The van der Waals surface area contributed by atoms with Crippen molar-refractivity contribution in [1.82, 2.24) is 0 Å². The summed E-state index contributed by atoms with van der Waals surface area (Å²) < 4.78 is 10.7. The van der Waals surface area contributed by atoms with Gasteiger partial charge in [0, 0.05) is 0 Å². The lowest BCUT2D eigenvalue weighted by Gasteiger charge is -2.23. The van der Waals surface area contributed by atoms with E-state index in [9.17, 15) is 4.79 Å².